The topological polar surface area (TPSA) is 38.3 Å². The second-order valence-electron chi connectivity index (χ2n) is 6.53. The lowest BCUT2D eigenvalue weighted by Crippen LogP contribution is -2.47. The van der Waals surface area contributed by atoms with Crippen LogP contribution in [0, 0.1) is 25.7 Å². The molecule has 0 heterocycles. The molecule has 0 radical (unpaired) electrons. The Balaban J connectivity index is 2.67. The summed E-state index contributed by atoms with van der Waals surface area (Å²) in [4.78, 5) is 12.3. The average Bonchev–Trinajstić information content (AvgIpc) is 2.39. The second kappa shape index (κ2) is 7.48. The van der Waals surface area contributed by atoms with Crippen molar-refractivity contribution >= 4 is 5.91 Å². The van der Waals surface area contributed by atoms with Gasteiger partial charge >= 0.3 is 0 Å². The number of rotatable bonds is 6. The van der Waals surface area contributed by atoms with E-state index in [-0.39, 0.29) is 11.9 Å². The molecule has 0 unspecified atom stereocenters. The molecule has 0 aliphatic heterocycles. The molecule has 0 bridgehead atoms. The van der Waals surface area contributed by atoms with Crippen LogP contribution in [0.4, 0.5) is 0 Å². The van der Waals surface area contributed by atoms with Gasteiger partial charge in [0.15, 0.2) is 6.10 Å². The van der Waals surface area contributed by atoms with Crippen LogP contribution in [-0.2, 0) is 4.79 Å². The molecule has 3 heteroatoms. The summed E-state index contributed by atoms with van der Waals surface area (Å²) in [6.45, 7) is 14.4. The third-order valence-electron chi connectivity index (χ3n) is 3.91. The van der Waals surface area contributed by atoms with Crippen LogP contribution in [0.25, 0.3) is 0 Å². The van der Waals surface area contributed by atoms with E-state index in [0.29, 0.717) is 11.8 Å². The first-order chi connectivity index (χ1) is 9.72. The number of ether oxygens (including phenoxy) is 1. The smallest absolute Gasteiger partial charge is 0.261 e. The highest BCUT2D eigenvalue weighted by Crippen LogP contribution is 2.18. The fourth-order valence-electron chi connectivity index (χ4n) is 2.43. The van der Waals surface area contributed by atoms with Crippen molar-refractivity contribution in [1.82, 2.24) is 5.32 Å². The second-order valence-corrected chi connectivity index (χ2v) is 6.53. The molecule has 0 spiro atoms. The Kier molecular flexibility index (Phi) is 6.25. The van der Waals surface area contributed by atoms with E-state index in [1.807, 2.05) is 25.1 Å². The number of benzene rings is 1. The molecule has 1 aromatic rings. The maximum Gasteiger partial charge on any atom is 0.261 e. The minimum Gasteiger partial charge on any atom is -0.481 e. The highest BCUT2D eigenvalue weighted by Gasteiger charge is 2.23. The molecule has 1 aromatic carbocycles. The first-order valence-corrected chi connectivity index (χ1v) is 7.76. The minimum absolute atomic E-state index is 0.0550. The van der Waals surface area contributed by atoms with E-state index in [9.17, 15) is 4.79 Å². The minimum atomic E-state index is -0.493. The van der Waals surface area contributed by atoms with Gasteiger partial charge in [-0.05, 0) is 55.9 Å². The van der Waals surface area contributed by atoms with Gasteiger partial charge < -0.3 is 10.1 Å². The van der Waals surface area contributed by atoms with Crippen molar-refractivity contribution in [3.8, 4) is 5.75 Å². The van der Waals surface area contributed by atoms with Gasteiger partial charge in [0.05, 0.1) is 0 Å². The van der Waals surface area contributed by atoms with Crippen molar-refractivity contribution < 1.29 is 9.53 Å². The molecule has 0 aliphatic carbocycles. The Morgan fingerprint density at radius 1 is 1.00 bits per heavy atom. The quantitative estimate of drug-likeness (QED) is 0.864. The van der Waals surface area contributed by atoms with Gasteiger partial charge in [0.1, 0.15) is 5.75 Å². The van der Waals surface area contributed by atoms with Gasteiger partial charge in [-0.15, -0.1) is 0 Å². The van der Waals surface area contributed by atoms with Gasteiger partial charge in [-0.3, -0.25) is 4.79 Å². The summed E-state index contributed by atoms with van der Waals surface area (Å²) < 4.78 is 5.76. The molecule has 21 heavy (non-hydrogen) atoms. The third kappa shape index (κ3) is 5.07. The van der Waals surface area contributed by atoms with Crippen LogP contribution in [0.3, 0.4) is 0 Å². The number of amides is 1. The number of hydrogen-bond donors (Lipinski definition) is 1. The van der Waals surface area contributed by atoms with Crippen molar-refractivity contribution in [1.29, 1.82) is 0 Å². The predicted octanol–water partition coefficient (Wildman–Crippen LogP) is 3.87. The fourth-order valence-corrected chi connectivity index (χ4v) is 2.43. The average molecular weight is 291 g/mol. The van der Waals surface area contributed by atoms with Crippen LogP contribution in [0.15, 0.2) is 18.2 Å². The molecule has 1 atom stereocenters. The number of carbonyl (C=O) groups excluding carboxylic acids is 1. The summed E-state index contributed by atoms with van der Waals surface area (Å²) in [5.74, 6) is 1.50. The van der Waals surface area contributed by atoms with E-state index >= 15 is 0 Å². The predicted molar refractivity (Wildman–Crippen MR) is 87.6 cm³/mol. The van der Waals surface area contributed by atoms with Gasteiger partial charge in [-0.1, -0.05) is 33.8 Å². The molecular weight excluding hydrogens is 262 g/mol. The lowest BCUT2D eigenvalue weighted by atomic mass is 9.93. The van der Waals surface area contributed by atoms with Gasteiger partial charge in [0.25, 0.3) is 5.91 Å². The van der Waals surface area contributed by atoms with E-state index in [2.05, 4.69) is 39.9 Å². The monoisotopic (exact) mass is 291 g/mol. The molecule has 0 saturated carbocycles. The number of aryl methyl sites for hydroxylation is 2. The zero-order chi connectivity index (χ0) is 16.2. The Morgan fingerprint density at radius 2 is 1.57 bits per heavy atom. The van der Waals surface area contributed by atoms with Crippen molar-refractivity contribution in [2.75, 3.05) is 0 Å². The van der Waals surface area contributed by atoms with Gasteiger partial charge in [0, 0.05) is 6.04 Å². The third-order valence-corrected chi connectivity index (χ3v) is 3.91. The molecule has 0 aromatic heterocycles. The summed E-state index contributed by atoms with van der Waals surface area (Å²) in [6, 6.07) is 6.07. The van der Waals surface area contributed by atoms with Gasteiger partial charge in [0.2, 0.25) is 0 Å². The van der Waals surface area contributed by atoms with Crippen LogP contribution in [0.1, 0.15) is 45.7 Å². The van der Waals surface area contributed by atoms with E-state index in [1.54, 1.807) is 6.92 Å². The Labute approximate surface area is 129 Å². The lowest BCUT2D eigenvalue weighted by molar-refractivity contribution is -0.128. The number of hydrogen-bond acceptors (Lipinski definition) is 2. The summed E-state index contributed by atoms with van der Waals surface area (Å²) in [5, 5.41) is 3.10. The first-order valence-electron chi connectivity index (χ1n) is 7.76. The van der Waals surface area contributed by atoms with Crippen molar-refractivity contribution in [2.24, 2.45) is 11.8 Å². The standard InChI is InChI=1S/C18H29NO2/c1-11(2)17(12(3)4)19-18(20)15(7)21-16-9-8-13(5)14(6)10-16/h8-12,15,17H,1-7H3,(H,19,20)/t15-/m1/s1. The van der Waals surface area contributed by atoms with Crippen LogP contribution < -0.4 is 10.1 Å². The zero-order valence-electron chi connectivity index (χ0n) is 14.4. The molecule has 3 nitrogen and oxygen atoms in total. The van der Waals surface area contributed by atoms with Crippen LogP contribution >= 0.6 is 0 Å². The van der Waals surface area contributed by atoms with Crippen LogP contribution in [-0.4, -0.2) is 18.1 Å². The molecule has 1 rings (SSSR count). The van der Waals surface area contributed by atoms with E-state index in [4.69, 9.17) is 4.74 Å². The number of carbonyl (C=O) groups is 1. The molecule has 0 aliphatic rings. The molecule has 0 fully saturated rings. The first kappa shape index (κ1) is 17.5. The summed E-state index contributed by atoms with van der Waals surface area (Å²) >= 11 is 0. The molecule has 1 N–H and O–H groups in total. The van der Waals surface area contributed by atoms with E-state index < -0.39 is 6.10 Å². The highest BCUT2D eigenvalue weighted by atomic mass is 16.5. The maximum atomic E-state index is 12.3. The number of nitrogens with one attached hydrogen (secondary N) is 1. The van der Waals surface area contributed by atoms with E-state index in [1.165, 1.54) is 11.1 Å². The van der Waals surface area contributed by atoms with Crippen molar-refractivity contribution in [3.05, 3.63) is 29.3 Å². The molecule has 0 saturated heterocycles. The zero-order valence-corrected chi connectivity index (χ0v) is 14.4. The van der Waals surface area contributed by atoms with Crippen LogP contribution in [0.2, 0.25) is 0 Å². The maximum absolute atomic E-state index is 12.3. The van der Waals surface area contributed by atoms with Gasteiger partial charge in [-0.25, -0.2) is 0 Å². The summed E-state index contributed by atoms with van der Waals surface area (Å²) in [5.41, 5.74) is 2.39. The van der Waals surface area contributed by atoms with Crippen molar-refractivity contribution in [3.63, 3.8) is 0 Å². The highest BCUT2D eigenvalue weighted by molar-refractivity contribution is 5.81. The van der Waals surface area contributed by atoms with Gasteiger partial charge in [-0.2, -0.15) is 0 Å². The molecule has 118 valence electrons. The molecule has 1 amide bonds. The molecular formula is C18H29NO2. The Bertz CT molecular complexity index is 472. The Morgan fingerprint density at radius 3 is 2.05 bits per heavy atom. The summed E-state index contributed by atoms with van der Waals surface area (Å²) in [7, 11) is 0. The van der Waals surface area contributed by atoms with E-state index in [0.717, 1.165) is 5.75 Å². The van der Waals surface area contributed by atoms with Crippen LogP contribution in [0.5, 0.6) is 5.75 Å². The largest absolute Gasteiger partial charge is 0.481 e. The summed E-state index contributed by atoms with van der Waals surface area (Å²) in [6.07, 6.45) is -0.493. The van der Waals surface area contributed by atoms with Crippen molar-refractivity contribution in [2.45, 2.75) is 60.6 Å². The SMILES string of the molecule is Cc1ccc(O[C@H](C)C(=O)NC(C(C)C)C(C)C)cc1C. The fraction of sp³-hybridized carbons (Fsp3) is 0.611. The lowest BCUT2D eigenvalue weighted by Gasteiger charge is -2.27. The Hall–Kier alpha value is -1.51. The normalized spacial score (nSPS) is 12.9.